The second-order valence-electron chi connectivity index (χ2n) is 5.91. The fraction of sp³-hybridized carbons (Fsp3) is 0.533. The van der Waals surface area contributed by atoms with Gasteiger partial charge in [-0.1, -0.05) is 0 Å². The quantitative estimate of drug-likeness (QED) is 0.799. The van der Waals surface area contributed by atoms with Crippen molar-refractivity contribution in [1.82, 2.24) is 14.8 Å². The van der Waals surface area contributed by atoms with Crippen LogP contribution in [-0.2, 0) is 11.8 Å². The lowest BCUT2D eigenvalue weighted by atomic mass is 9.92. The molecule has 1 N–H and O–H groups in total. The Morgan fingerprint density at radius 3 is 2.52 bits per heavy atom. The van der Waals surface area contributed by atoms with Crippen LogP contribution in [0.3, 0.4) is 0 Å². The molecule has 1 saturated carbocycles. The van der Waals surface area contributed by atoms with Crippen LogP contribution in [0.5, 0.6) is 5.75 Å². The fourth-order valence-corrected chi connectivity index (χ4v) is 3.59. The lowest BCUT2D eigenvalue weighted by molar-refractivity contribution is -0.127. The van der Waals surface area contributed by atoms with Gasteiger partial charge in [-0.15, -0.1) is 0 Å². The van der Waals surface area contributed by atoms with E-state index in [-0.39, 0.29) is 36.2 Å². The predicted molar refractivity (Wildman–Crippen MR) is 86.3 cm³/mol. The minimum Gasteiger partial charge on any atom is -0.489 e. The number of aromatic nitrogens is 1. The molecule has 0 unspecified atom stereocenters. The highest BCUT2D eigenvalue weighted by atomic mass is 79.9. The van der Waals surface area contributed by atoms with Gasteiger partial charge >= 0.3 is 6.03 Å². The number of amides is 3. The highest BCUT2D eigenvalue weighted by Gasteiger charge is 2.37. The summed E-state index contributed by atoms with van der Waals surface area (Å²) in [5.74, 6) is 0.375. The number of hydrogen-bond acceptors (Lipinski definition) is 4. The summed E-state index contributed by atoms with van der Waals surface area (Å²) >= 11 is 3.40. The van der Waals surface area contributed by atoms with Crippen molar-refractivity contribution < 1.29 is 14.3 Å². The zero-order valence-corrected chi connectivity index (χ0v) is 14.3. The van der Waals surface area contributed by atoms with Gasteiger partial charge in [0.15, 0.2) is 0 Å². The van der Waals surface area contributed by atoms with Crippen molar-refractivity contribution in [3.63, 3.8) is 0 Å². The Morgan fingerprint density at radius 2 is 1.91 bits per heavy atom. The summed E-state index contributed by atoms with van der Waals surface area (Å²) in [7, 11) is 1.68. The molecule has 124 valence electrons. The maximum atomic E-state index is 11.7. The van der Waals surface area contributed by atoms with E-state index in [0.717, 1.165) is 17.3 Å². The van der Waals surface area contributed by atoms with E-state index in [1.54, 1.807) is 13.2 Å². The number of urea groups is 1. The number of nitrogens with zero attached hydrogens (tertiary/aromatic N) is 2. The van der Waals surface area contributed by atoms with Gasteiger partial charge in [-0.05, 0) is 41.6 Å². The number of nitrogens with one attached hydrogen (secondary N) is 1. The Kier molecular flexibility index (Phi) is 4.43. The molecule has 1 aliphatic carbocycles. The predicted octanol–water partition coefficient (Wildman–Crippen LogP) is 1.39. The van der Waals surface area contributed by atoms with Gasteiger partial charge in [0, 0.05) is 25.4 Å². The summed E-state index contributed by atoms with van der Waals surface area (Å²) in [6.07, 6.45) is 4.57. The van der Waals surface area contributed by atoms with E-state index < -0.39 is 0 Å². The first kappa shape index (κ1) is 16.0. The molecule has 1 saturated heterocycles. The van der Waals surface area contributed by atoms with Crippen LogP contribution in [0.2, 0.25) is 0 Å². The van der Waals surface area contributed by atoms with Gasteiger partial charge in [0.25, 0.3) is 5.56 Å². The zero-order chi connectivity index (χ0) is 16.6. The lowest BCUT2D eigenvalue weighted by Gasteiger charge is -2.33. The molecule has 7 nitrogen and oxygen atoms in total. The average Bonchev–Trinajstić information content (AvgIpc) is 2.85. The van der Waals surface area contributed by atoms with Crippen LogP contribution in [-0.4, -0.2) is 40.1 Å². The van der Waals surface area contributed by atoms with Crippen LogP contribution >= 0.6 is 15.9 Å². The van der Waals surface area contributed by atoms with Crippen molar-refractivity contribution in [2.75, 3.05) is 6.54 Å². The normalized spacial score (nSPS) is 24.7. The molecular formula is C15H18BrN3O4. The number of imide groups is 1. The van der Waals surface area contributed by atoms with Gasteiger partial charge in [-0.3, -0.25) is 14.5 Å². The summed E-state index contributed by atoms with van der Waals surface area (Å²) in [4.78, 5) is 36.5. The molecule has 23 heavy (non-hydrogen) atoms. The van der Waals surface area contributed by atoms with E-state index in [1.165, 1.54) is 15.5 Å². The molecule has 0 bridgehead atoms. The first-order valence-electron chi connectivity index (χ1n) is 7.58. The molecule has 0 spiro atoms. The minimum atomic E-state index is -0.298. The summed E-state index contributed by atoms with van der Waals surface area (Å²) in [5.41, 5.74) is -0.128. The molecule has 0 atom stereocenters. The third-order valence-electron chi connectivity index (χ3n) is 4.33. The fourth-order valence-electron chi connectivity index (χ4n) is 3.08. The number of rotatable bonds is 3. The average molecular weight is 384 g/mol. The smallest absolute Gasteiger partial charge is 0.324 e. The first-order chi connectivity index (χ1) is 11.0. The molecule has 3 amide bonds. The van der Waals surface area contributed by atoms with Gasteiger partial charge in [-0.25, -0.2) is 4.79 Å². The van der Waals surface area contributed by atoms with Crippen molar-refractivity contribution in [3.05, 3.63) is 27.1 Å². The van der Waals surface area contributed by atoms with Gasteiger partial charge < -0.3 is 14.6 Å². The van der Waals surface area contributed by atoms with E-state index in [4.69, 9.17) is 4.74 Å². The van der Waals surface area contributed by atoms with E-state index in [1.807, 2.05) is 0 Å². The van der Waals surface area contributed by atoms with Crippen molar-refractivity contribution in [3.8, 4) is 5.75 Å². The van der Waals surface area contributed by atoms with Crippen LogP contribution in [0.15, 0.2) is 21.5 Å². The highest BCUT2D eigenvalue weighted by Crippen LogP contribution is 2.30. The van der Waals surface area contributed by atoms with Crippen molar-refractivity contribution in [2.24, 2.45) is 7.05 Å². The molecule has 2 heterocycles. The maximum absolute atomic E-state index is 11.7. The Morgan fingerprint density at radius 1 is 1.22 bits per heavy atom. The number of carbonyl (C=O) groups is 2. The van der Waals surface area contributed by atoms with Crippen LogP contribution < -0.4 is 15.6 Å². The van der Waals surface area contributed by atoms with Crippen molar-refractivity contribution >= 4 is 27.9 Å². The topological polar surface area (TPSA) is 80.6 Å². The number of pyridine rings is 1. The van der Waals surface area contributed by atoms with Gasteiger partial charge in [-0.2, -0.15) is 0 Å². The Bertz CT molecular complexity index is 678. The minimum absolute atomic E-state index is 0.0181. The number of aryl methyl sites for hydroxylation is 1. The molecule has 0 radical (unpaired) electrons. The van der Waals surface area contributed by atoms with Crippen LogP contribution in [0.1, 0.15) is 25.7 Å². The summed E-state index contributed by atoms with van der Waals surface area (Å²) in [6, 6.07) is 1.11. The van der Waals surface area contributed by atoms with Crippen LogP contribution in [0.4, 0.5) is 4.79 Å². The Labute approximate surface area is 141 Å². The van der Waals surface area contributed by atoms with Crippen LogP contribution in [0.25, 0.3) is 0 Å². The number of ether oxygens (including phenoxy) is 1. The van der Waals surface area contributed by atoms with Gasteiger partial charge in [0.2, 0.25) is 5.91 Å². The van der Waals surface area contributed by atoms with Crippen molar-refractivity contribution in [1.29, 1.82) is 0 Å². The SMILES string of the molecule is Cn1cc(Br)c(O[C@H]2CC[C@H](N3C(=O)CNC3=O)CC2)cc1=O. The number of carbonyl (C=O) groups excluding carboxylic acids is 2. The first-order valence-corrected chi connectivity index (χ1v) is 8.37. The largest absolute Gasteiger partial charge is 0.489 e. The van der Waals surface area contributed by atoms with Gasteiger partial charge in [0.1, 0.15) is 5.75 Å². The third-order valence-corrected chi connectivity index (χ3v) is 4.92. The van der Waals surface area contributed by atoms with E-state index in [9.17, 15) is 14.4 Å². The molecule has 2 aliphatic rings. The van der Waals surface area contributed by atoms with Crippen molar-refractivity contribution in [2.45, 2.75) is 37.8 Å². The summed E-state index contributed by atoms with van der Waals surface area (Å²) in [6.45, 7) is 0.0928. The molecule has 0 aromatic carbocycles. The highest BCUT2D eigenvalue weighted by molar-refractivity contribution is 9.10. The monoisotopic (exact) mass is 383 g/mol. The molecule has 1 aromatic rings. The summed E-state index contributed by atoms with van der Waals surface area (Å²) < 4.78 is 8.13. The molecular weight excluding hydrogens is 366 g/mol. The molecule has 8 heteroatoms. The third kappa shape index (κ3) is 3.26. The molecule has 3 rings (SSSR count). The second kappa shape index (κ2) is 6.35. The maximum Gasteiger partial charge on any atom is 0.324 e. The lowest BCUT2D eigenvalue weighted by Crippen LogP contribution is -2.44. The van der Waals surface area contributed by atoms with E-state index >= 15 is 0 Å². The van der Waals surface area contributed by atoms with Gasteiger partial charge in [0.05, 0.1) is 17.1 Å². The Balaban J connectivity index is 1.61. The molecule has 1 aromatic heterocycles. The van der Waals surface area contributed by atoms with E-state index in [2.05, 4.69) is 21.2 Å². The Hall–Kier alpha value is -1.83. The molecule has 1 aliphatic heterocycles. The molecule has 2 fully saturated rings. The second-order valence-corrected chi connectivity index (χ2v) is 6.76. The standard InChI is InChI=1S/C15H18BrN3O4/c1-18-8-11(16)12(6-13(18)20)23-10-4-2-9(3-5-10)19-14(21)7-17-15(19)22/h6,8-10H,2-5,7H2,1H3,(H,17,22)/t9-,10-. The zero-order valence-electron chi connectivity index (χ0n) is 12.8. The van der Waals surface area contributed by atoms with Crippen LogP contribution in [0, 0.1) is 0 Å². The summed E-state index contributed by atoms with van der Waals surface area (Å²) in [5, 5.41) is 2.55. The van der Waals surface area contributed by atoms with E-state index in [0.29, 0.717) is 18.6 Å². The number of hydrogen-bond donors (Lipinski definition) is 1. The number of halogens is 1.